The maximum absolute atomic E-state index is 11.8. The van der Waals surface area contributed by atoms with E-state index in [2.05, 4.69) is 6.58 Å². The minimum atomic E-state index is -0.235. The van der Waals surface area contributed by atoms with Crippen LogP contribution in [0.15, 0.2) is 49.1 Å². The minimum Gasteiger partial charge on any atom is -0.312 e. The van der Waals surface area contributed by atoms with Crippen molar-refractivity contribution in [2.75, 3.05) is 11.4 Å². The fourth-order valence-electron chi connectivity index (χ4n) is 2.04. The van der Waals surface area contributed by atoms with Gasteiger partial charge in [0.1, 0.15) is 0 Å². The molecule has 1 aromatic rings. The fourth-order valence-corrected chi connectivity index (χ4v) is 2.04. The lowest BCUT2D eigenvalue weighted by Gasteiger charge is -2.16. The van der Waals surface area contributed by atoms with Crippen molar-refractivity contribution >= 4 is 17.4 Å². The van der Waals surface area contributed by atoms with Crippen LogP contribution in [0, 0.1) is 12.8 Å². The van der Waals surface area contributed by atoms with Crippen LogP contribution in [0.1, 0.15) is 27.3 Å². The fraction of sp³-hybridized carbons (Fsp3) is 0.333. The number of hydrogen-bond donors (Lipinski definition) is 0. The third kappa shape index (κ3) is 4.71. The summed E-state index contributed by atoms with van der Waals surface area (Å²) in [4.78, 5) is 25.0. The summed E-state index contributed by atoms with van der Waals surface area (Å²) in [6.45, 7) is 9.92. The Kier molecular flexibility index (Phi) is 6.60. The first kappa shape index (κ1) is 16.9. The largest absolute Gasteiger partial charge is 0.312 e. The highest BCUT2D eigenvalue weighted by Gasteiger charge is 2.33. The molecular weight excluding hydrogens is 262 g/mol. The van der Waals surface area contributed by atoms with E-state index in [1.807, 2.05) is 57.2 Å². The van der Waals surface area contributed by atoms with Crippen molar-refractivity contribution in [1.82, 2.24) is 0 Å². The van der Waals surface area contributed by atoms with Gasteiger partial charge in [-0.3, -0.25) is 9.59 Å². The average molecular weight is 287 g/mol. The minimum absolute atomic E-state index is 0. The van der Waals surface area contributed by atoms with Crippen LogP contribution in [0.4, 0.5) is 5.69 Å². The molecule has 1 aliphatic rings. The van der Waals surface area contributed by atoms with Gasteiger partial charge in [-0.15, -0.1) is 0 Å². The Labute approximate surface area is 128 Å². The molecule has 21 heavy (non-hydrogen) atoms. The van der Waals surface area contributed by atoms with Gasteiger partial charge in [-0.2, -0.15) is 0 Å². The Balaban J connectivity index is 0.000000791. The molecule has 0 unspecified atom stereocenters. The Morgan fingerprint density at radius 3 is 2.33 bits per heavy atom. The van der Waals surface area contributed by atoms with E-state index in [0.29, 0.717) is 13.0 Å². The predicted octanol–water partition coefficient (Wildman–Crippen LogP) is 3.93. The van der Waals surface area contributed by atoms with Gasteiger partial charge >= 0.3 is 0 Å². The van der Waals surface area contributed by atoms with E-state index in [-0.39, 0.29) is 19.0 Å². The standard InChI is InChI=1S/C14H15NO2.C4H8.H2/c1-3-13(16)11-8-14(17)15(9-11)12-6-4-10(2)5-7-12;1-3-4-2;/h3-7,11H,1,8-9H2,2H3;3-4H,1-2H3;1H/b;4-3-;/t11-;;/m0../s1. The summed E-state index contributed by atoms with van der Waals surface area (Å²) in [6, 6.07) is 7.75. The van der Waals surface area contributed by atoms with E-state index in [1.165, 1.54) is 6.08 Å². The molecule has 0 spiro atoms. The Morgan fingerprint density at radius 1 is 1.29 bits per heavy atom. The van der Waals surface area contributed by atoms with Gasteiger partial charge in [0.15, 0.2) is 5.78 Å². The number of allylic oxidation sites excluding steroid dienone is 3. The van der Waals surface area contributed by atoms with Crippen LogP contribution >= 0.6 is 0 Å². The number of amides is 1. The summed E-state index contributed by atoms with van der Waals surface area (Å²) in [7, 11) is 0. The van der Waals surface area contributed by atoms with Crippen molar-refractivity contribution in [3.8, 4) is 0 Å². The van der Waals surface area contributed by atoms with Gasteiger partial charge in [0.05, 0.1) is 0 Å². The molecule has 0 radical (unpaired) electrons. The Hall–Kier alpha value is -2.16. The number of benzene rings is 1. The summed E-state index contributed by atoms with van der Waals surface area (Å²) in [5, 5.41) is 0. The second-order valence-electron chi connectivity index (χ2n) is 5.01. The van der Waals surface area contributed by atoms with Gasteiger partial charge in [0.2, 0.25) is 5.91 Å². The van der Waals surface area contributed by atoms with E-state index in [1.54, 1.807) is 4.90 Å². The summed E-state index contributed by atoms with van der Waals surface area (Å²) < 4.78 is 0. The van der Waals surface area contributed by atoms with E-state index in [4.69, 9.17) is 0 Å². The Bertz CT molecular complexity index is 531. The molecule has 1 aromatic carbocycles. The molecule has 3 heteroatoms. The summed E-state index contributed by atoms with van der Waals surface area (Å²) >= 11 is 0. The number of carbonyl (C=O) groups excluding carboxylic acids is 2. The molecule has 1 fully saturated rings. The second kappa shape index (κ2) is 8.20. The molecule has 0 N–H and O–H groups in total. The first-order valence-corrected chi connectivity index (χ1v) is 7.14. The average Bonchev–Trinajstić information content (AvgIpc) is 2.89. The quantitative estimate of drug-likeness (QED) is 0.624. The molecule has 1 heterocycles. The molecule has 0 bridgehead atoms. The predicted molar refractivity (Wildman–Crippen MR) is 89.4 cm³/mol. The lowest BCUT2D eigenvalue weighted by Crippen LogP contribution is -2.25. The lowest BCUT2D eigenvalue weighted by atomic mass is 10.0. The van der Waals surface area contributed by atoms with Crippen molar-refractivity contribution in [2.24, 2.45) is 5.92 Å². The number of hydrogen-bond acceptors (Lipinski definition) is 2. The van der Waals surface area contributed by atoms with Crippen molar-refractivity contribution in [2.45, 2.75) is 27.2 Å². The van der Waals surface area contributed by atoms with Crippen LogP contribution in [0.3, 0.4) is 0 Å². The zero-order valence-corrected chi connectivity index (χ0v) is 13.0. The van der Waals surface area contributed by atoms with Crippen LogP contribution in [-0.2, 0) is 9.59 Å². The van der Waals surface area contributed by atoms with E-state index >= 15 is 0 Å². The third-order valence-electron chi connectivity index (χ3n) is 3.41. The van der Waals surface area contributed by atoms with Crippen LogP contribution in [0.5, 0.6) is 0 Å². The third-order valence-corrected chi connectivity index (χ3v) is 3.41. The van der Waals surface area contributed by atoms with Crippen LogP contribution in [0.25, 0.3) is 0 Å². The van der Waals surface area contributed by atoms with Crippen molar-refractivity contribution in [3.05, 3.63) is 54.6 Å². The number of rotatable bonds is 3. The Morgan fingerprint density at radius 2 is 1.86 bits per heavy atom. The second-order valence-corrected chi connectivity index (χ2v) is 5.01. The number of ketones is 1. The van der Waals surface area contributed by atoms with Crippen molar-refractivity contribution in [1.29, 1.82) is 0 Å². The monoisotopic (exact) mass is 287 g/mol. The van der Waals surface area contributed by atoms with Gasteiger partial charge < -0.3 is 4.90 Å². The molecule has 2 rings (SSSR count). The van der Waals surface area contributed by atoms with Crippen molar-refractivity contribution in [3.63, 3.8) is 0 Å². The number of aryl methyl sites for hydroxylation is 1. The van der Waals surface area contributed by atoms with Crippen LogP contribution < -0.4 is 4.90 Å². The molecular formula is C18H25NO2. The van der Waals surface area contributed by atoms with Gasteiger partial charge in [0.25, 0.3) is 0 Å². The van der Waals surface area contributed by atoms with Crippen LogP contribution in [-0.4, -0.2) is 18.2 Å². The van der Waals surface area contributed by atoms with Gasteiger partial charge in [0, 0.05) is 26.0 Å². The molecule has 0 aliphatic carbocycles. The smallest absolute Gasteiger partial charge is 0.227 e. The maximum atomic E-state index is 11.8. The highest BCUT2D eigenvalue weighted by Crippen LogP contribution is 2.25. The zero-order valence-electron chi connectivity index (χ0n) is 13.0. The summed E-state index contributed by atoms with van der Waals surface area (Å²) in [5.74, 6) is -0.275. The number of anilines is 1. The topological polar surface area (TPSA) is 37.4 Å². The van der Waals surface area contributed by atoms with E-state index in [9.17, 15) is 9.59 Å². The van der Waals surface area contributed by atoms with Crippen molar-refractivity contribution < 1.29 is 11.0 Å². The molecule has 114 valence electrons. The maximum Gasteiger partial charge on any atom is 0.227 e. The van der Waals surface area contributed by atoms with E-state index in [0.717, 1.165) is 11.3 Å². The number of carbonyl (C=O) groups is 2. The normalized spacial score (nSPS) is 17.6. The number of nitrogens with zero attached hydrogens (tertiary/aromatic N) is 1. The molecule has 0 aromatic heterocycles. The molecule has 1 amide bonds. The van der Waals surface area contributed by atoms with Gasteiger partial charge in [-0.1, -0.05) is 36.4 Å². The SMILES string of the molecule is C/C=C\C.C=CC(=O)[C@H]1CC(=O)N(c2ccc(C)cc2)C1.[HH]. The molecule has 1 aliphatic heterocycles. The molecule has 0 saturated carbocycles. The van der Waals surface area contributed by atoms with Crippen LogP contribution in [0.2, 0.25) is 0 Å². The molecule has 1 saturated heterocycles. The molecule has 1 atom stereocenters. The zero-order chi connectivity index (χ0) is 15.8. The molecule has 3 nitrogen and oxygen atoms in total. The summed E-state index contributed by atoms with van der Waals surface area (Å²) in [5.41, 5.74) is 2.01. The van der Waals surface area contributed by atoms with Gasteiger partial charge in [-0.25, -0.2) is 0 Å². The van der Waals surface area contributed by atoms with Gasteiger partial charge in [-0.05, 0) is 39.0 Å². The summed E-state index contributed by atoms with van der Waals surface area (Å²) in [6.07, 6.45) is 5.59. The lowest BCUT2D eigenvalue weighted by molar-refractivity contribution is -0.121. The highest BCUT2D eigenvalue weighted by molar-refractivity contribution is 6.03. The first-order valence-electron chi connectivity index (χ1n) is 7.14. The first-order chi connectivity index (χ1) is 10.0. The highest BCUT2D eigenvalue weighted by atomic mass is 16.2. The van der Waals surface area contributed by atoms with E-state index < -0.39 is 0 Å².